The molecular weight excluding hydrogens is 974 g/mol. The molecule has 4 aliphatic rings. The predicted octanol–water partition coefficient (Wildman–Crippen LogP) is -3.76. The van der Waals surface area contributed by atoms with Gasteiger partial charge in [0, 0.05) is 274 Å². The number of benzene rings is 2. The summed E-state index contributed by atoms with van der Waals surface area (Å²) < 4.78 is 22.7. The molecule has 4 fully saturated rings. The van der Waals surface area contributed by atoms with Gasteiger partial charge in [0.25, 0.3) is 0 Å². The van der Waals surface area contributed by atoms with Gasteiger partial charge in [-0.05, 0) is 76.8 Å². The number of hydrogen-bond acceptors (Lipinski definition) is 6. The second kappa shape index (κ2) is 37.3. The highest BCUT2D eigenvalue weighted by Crippen LogP contribution is 2.35. The topological polar surface area (TPSA) is 88.6 Å². The van der Waals surface area contributed by atoms with Crippen LogP contribution in [0.2, 0.25) is 0 Å². The van der Waals surface area contributed by atoms with Gasteiger partial charge in [-0.25, -0.2) is 14.4 Å². The summed E-state index contributed by atoms with van der Waals surface area (Å²) in [5, 5.41) is 0. The normalized spacial score (nSPS) is 17.4. The van der Waals surface area contributed by atoms with Gasteiger partial charge in [0.05, 0.1) is 6.04 Å². The Bertz CT molecular complexity index is 2090. The number of hydrogen-bond donors (Lipinski definition) is 0. The van der Waals surface area contributed by atoms with Gasteiger partial charge in [0.2, 0.25) is 0 Å². The monoisotopic (exact) mass is 1040 g/mol. The second-order valence-corrected chi connectivity index (χ2v) is 22.9. The van der Waals surface area contributed by atoms with Crippen molar-refractivity contribution in [3.63, 3.8) is 0 Å². The first-order valence-electron chi connectivity index (χ1n) is 29.1. The van der Waals surface area contributed by atoms with Gasteiger partial charge in [-0.2, -0.15) is 0 Å². The van der Waals surface area contributed by atoms with E-state index in [0.29, 0.717) is 38.7 Å². The van der Waals surface area contributed by atoms with E-state index in [4.69, 9.17) is 155 Å². The number of carbonyl (C=O) groups is 3. The third-order valence-electron chi connectivity index (χ3n) is 15.9. The van der Waals surface area contributed by atoms with E-state index in [2.05, 4.69) is 0 Å². The fourth-order valence-corrected chi connectivity index (χ4v) is 12.4. The van der Waals surface area contributed by atoms with E-state index in [0.717, 1.165) is 56.1 Å². The van der Waals surface area contributed by atoms with Crippen LogP contribution in [0.1, 0.15) is 112 Å². The molecule has 4 bridgehead atoms. The highest BCUT2D eigenvalue weighted by molar-refractivity contribution is 8.29. The van der Waals surface area contributed by atoms with Crippen LogP contribution in [0.15, 0.2) is 60.7 Å². The largest absolute Gasteiger partial charge is 0.445 e. The van der Waals surface area contributed by atoms with Gasteiger partial charge in [0.1, 0.15) is 18.8 Å². The van der Waals surface area contributed by atoms with Crippen LogP contribution in [-0.4, -0.2) is 317 Å². The lowest BCUT2D eigenvalue weighted by Crippen LogP contribution is -2.90. The molecule has 9 nitrogen and oxygen atoms in total. The van der Waals surface area contributed by atoms with Gasteiger partial charge < -0.3 is 28.9 Å². The number of amides is 3. The Morgan fingerprint density at radius 2 is 0.756 bits per heavy atom. The molecule has 4 atom stereocenters. The van der Waals surface area contributed by atoms with Gasteiger partial charge in [-0.3, -0.25) is 0 Å². The molecule has 4 unspecified atom stereocenters. The Hall–Kier alpha value is -1.54. The third-order valence-corrected chi connectivity index (χ3v) is 15.9. The summed E-state index contributed by atoms with van der Waals surface area (Å²) in [7, 11) is 110. The third kappa shape index (κ3) is 22.9. The van der Waals surface area contributed by atoms with Crippen LogP contribution in [0, 0.1) is 0 Å². The maximum absolute atomic E-state index is 12.7. The number of likely N-dealkylation sites (tertiary alicyclic amines) is 1. The molecule has 0 aliphatic carbocycles. The zero-order chi connectivity index (χ0) is 61.8. The van der Waals surface area contributed by atoms with Crippen molar-refractivity contribution in [2.24, 2.45) is 0 Å². The molecule has 2 aromatic carbocycles. The molecule has 6 rings (SSSR count). The van der Waals surface area contributed by atoms with E-state index in [-0.39, 0.29) is 44.4 Å². The zero-order valence-corrected chi connectivity index (χ0v) is 48.4. The number of ether oxygens (including phenoxy) is 3. The summed E-state index contributed by atoms with van der Waals surface area (Å²) in [6, 6.07) is 20.6. The van der Waals surface area contributed by atoms with E-state index in [1.165, 1.54) is 12.8 Å². The minimum atomic E-state index is -1.16. The van der Waals surface area contributed by atoms with Gasteiger partial charge in [0.15, 0.2) is 0 Å². The van der Waals surface area contributed by atoms with Gasteiger partial charge >= 0.3 is 18.3 Å². The summed E-state index contributed by atoms with van der Waals surface area (Å²) in [6.45, 7) is 9.65. The van der Waals surface area contributed by atoms with E-state index in [9.17, 15) is 14.4 Å². The Labute approximate surface area is 528 Å². The predicted molar refractivity (Wildman–Crippen MR) is 385 cm³/mol. The van der Waals surface area contributed by atoms with Crippen molar-refractivity contribution in [3.05, 3.63) is 71.8 Å². The molecular formula is C39H59B34N3O6. The van der Waals surface area contributed by atoms with Crippen LogP contribution in [-0.2, 0) is 27.4 Å². The molecule has 0 aromatic heterocycles. The first-order valence-corrected chi connectivity index (χ1v) is 28.3. The fourth-order valence-electron chi connectivity index (χ4n) is 12.4. The summed E-state index contributed by atoms with van der Waals surface area (Å²) in [4.78, 5) is 42.9. The molecule has 0 N–H and O–H groups in total. The van der Waals surface area contributed by atoms with Crippen molar-refractivity contribution in [2.45, 2.75) is 143 Å². The minimum absolute atomic E-state index is 0. The number of fused-ring (bicyclic) bond motifs is 4. The highest BCUT2D eigenvalue weighted by Gasteiger charge is 2.54. The van der Waals surface area contributed by atoms with Crippen molar-refractivity contribution < 1.29 is 30.0 Å². The van der Waals surface area contributed by atoms with E-state index < -0.39 is 108 Å². The first-order chi connectivity index (χ1) is 38.5. The van der Waals surface area contributed by atoms with Gasteiger partial charge in [-0.1, -0.05) is 94.8 Å². The average molecular weight is 1030 g/mol. The molecule has 0 saturated carbocycles. The van der Waals surface area contributed by atoms with Crippen LogP contribution >= 0.6 is 0 Å². The summed E-state index contributed by atoms with van der Waals surface area (Å²) >= 11 is 0. The molecule has 2 aromatic rings. The zero-order valence-electron chi connectivity index (χ0n) is 49.4. The maximum Gasteiger partial charge on any atom is 0.410 e. The average Bonchev–Trinajstić information content (AvgIpc) is 3.83. The lowest BCUT2D eigenvalue weighted by atomic mass is 8.29. The lowest BCUT2D eigenvalue weighted by Gasteiger charge is -2.52. The quantitative estimate of drug-likeness (QED) is 0.106. The lowest BCUT2D eigenvalue weighted by molar-refractivity contribution is 0.0226. The molecule has 36 radical (unpaired) electrons. The molecule has 4 aliphatic heterocycles. The fraction of sp³-hybridized carbons (Fsp3) is 0.615. The van der Waals surface area contributed by atoms with Crippen molar-refractivity contribution in [1.82, 2.24) is 14.7 Å². The molecule has 4 saturated heterocycles. The minimum Gasteiger partial charge on any atom is -0.445 e. The summed E-state index contributed by atoms with van der Waals surface area (Å²) in [5.41, 5.74) is 1.51. The Balaban J connectivity index is 0.000000425. The number of rotatable bonds is 19. The van der Waals surface area contributed by atoms with Gasteiger partial charge in [-0.15, -0.1) is 0 Å². The number of nitrogens with zero attached hydrogens (tertiary/aromatic N) is 3. The second-order valence-electron chi connectivity index (χ2n) is 22.9. The maximum atomic E-state index is 12.7. The van der Waals surface area contributed by atoms with Crippen LogP contribution in [0.4, 0.5) is 14.4 Å². The van der Waals surface area contributed by atoms with Crippen molar-refractivity contribution in [3.8, 4) is 0 Å². The molecule has 82 heavy (non-hydrogen) atoms. The Morgan fingerprint density at radius 1 is 0.463 bits per heavy atom. The number of carbonyl (C=O) groups excluding carboxylic acids is 3. The SMILES string of the molecule is C.CC(C)(C)OC(=O)N1CCC2CCC(C1)N2C(=O)OCc1ccccc1.O=C(OCc1ccccc1)N1C2CCCCC1CC2.[2H]CC.[B]B([B])B(B([B])[B])B(B([B])[B])B(B(B([B])[B])B([B])[B])B(B(B([B])[B])B([B])[B])B(B([B])[B])B([B])[B]. The smallest absolute Gasteiger partial charge is 0.410 e. The summed E-state index contributed by atoms with van der Waals surface area (Å²) in [6.07, 6.45) is -7.65. The highest BCUT2D eigenvalue weighted by atomic mass is 16.6. The molecule has 0 spiro atoms. The Kier molecular flexibility index (Phi) is 34.0. The summed E-state index contributed by atoms with van der Waals surface area (Å²) in [5.74, 6) is 0. The molecule has 368 valence electrons. The van der Waals surface area contributed by atoms with E-state index >= 15 is 0 Å². The van der Waals surface area contributed by atoms with Crippen LogP contribution in [0.25, 0.3) is 0 Å². The van der Waals surface area contributed by atoms with Crippen LogP contribution in [0.5, 0.6) is 0 Å². The molecule has 4 heterocycles. The first kappa shape index (κ1) is 74.7. The Morgan fingerprint density at radius 3 is 1.09 bits per heavy atom. The van der Waals surface area contributed by atoms with E-state index in [1.807, 2.05) is 91.2 Å². The van der Waals surface area contributed by atoms with Crippen LogP contribution in [0.3, 0.4) is 0 Å². The van der Waals surface area contributed by atoms with Crippen molar-refractivity contribution >= 4 is 260 Å². The molecule has 3 amide bonds. The van der Waals surface area contributed by atoms with E-state index in [1.54, 1.807) is 11.8 Å². The van der Waals surface area contributed by atoms with Crippen LogP contribution < -0.4 is 0 Å². The van der Waals surface area contributed by atoms with Crippen molar-refractivity contribution in [1.29, 1.82) is 0 Å². The standard InChI is InChI=1S/C20H28N2O4.C16H21NO2.C2H6.CH4.B34/c1-20(2,3)26-18(23)21-12-11-16-9-10-17(13-21)22(16)19(24)25-14-15-7-5-4-6-8-15;18-16(19-12-13-6-2-1-3-7-13)17-14-8-4-5-9-15(17)11-10-14;1-2;;1-19(2)28(20(3)4)32(27(17)18)34(31(25(13)14)26(15)16)33(29(21(5)6)22(7)8)30(23(9)10)24(11)12/h4-8,16-17H,9-14H2,1-3H3;1-3,6-7,14-15H,4-5,8-12H2;1-2H3;1H4;/i;;1D;;. The molecule has 43 heteroatoms. The van der Waals surface area contributed by atoms with Crippen molar-refractivity contribution in [2.75, 3.05) is 13.1 Å².